The molecular formula is C21H20ClIN2O3. The van der Waals surface area contributed by atoms with Gasteiger partial charge in [-0.1, -0.05) is 13.0 Å². The first-order valence-corrected chi connectivity index (χ1v) is 10.4. The highest BCUT2D eigenvalue weighted by atomic mass is 127. The first kappa shape index (κ1) is 20.8. The van der Waals surface area contributed by atoms with Gasteiger partial charge in [-0.05, 0) is 83.4 Å². The minimum Gasteiger partial charge on any atom is -0.497 e. The lowest BCUT2D eigenvalue weighted by molar-refractivity contribution is -0.145. The van der Waals surface area contributed by atoms with Crippen LogP contribution in [-0.4, -0.2) is 29.7 Å². The molecule has 146 valence electrons. The number of carbonyl (C=O) groups excluding carboxylic acids is 1. The van der Waals surface area contributed by atoms with Crippen molar-refractivity contribution >= 4 is 51.1 Å². The molecule has 3 rings (SSSR count). The summed E-state index contributed by atoms with van der Waals surface area (Å²) in [5.74, 6) is 0.00821. The van der Waals surface area contributed by atoms with Crippen molar-refractivity contribution in [3.63, 3.8) is 0 Å². The van der Waals surface area contributed by atoms with Crippen molar-refractivity contribution in [1.29, 1.82) is 0 Å². The van der Waals surface area contributed by atoms with E-state index in [-0.39, 0.29) is 11.3 Å². The topological polar surface area (TPSA) is 61.3 Å². The first-order valence-electron chi connectivity index (χ1n) is 8.96. The summed E-state index contributed by atoms with van der Waals surface area (Å²) >= 11 is 8.47. The van der Waals surface area contributed by atoms with Crippen LogP contribution in [0.15, 0.2) is 36.4 Å². The van der Waals surface area contributed by atoms with Crippen LogP contribution >= 0.6 is 34.2 Å². The third kappa shape index (κ3) is 4.22. The van der Waals surface area contributed by atoms with Gasteiger partial charge in [0.15, 0.2) is 0 Å². The standard InChI is InChI=1S/C21H20ClIN2O3/c1-4-14(20(26)28-5-2)15-8-7-13(27-3)11-16(15)19-17-10-12(23)6-9-18(17)24-21(22)25-19/h6-11,14H,4-5H2,1-3H3. The Morgan fingerprint density at radius 1 is 1.18 bits per heavy atom. The molecule has 0 radical (unpaired) electrons. The molecule has 2 aromatic carbocycles. The second-order valence-electron chi connectivity index (χ2n) is 6.17. The van der Waals surface area contributed by atoms with Crippen molar-refractivity contribution in [3.8, 4) is 17.0 Å². The molecule has 0 spiro atoms. The van der Waals surface area contributed by atoms with Crippen LogP contribution in [0.2, 0.25) is 5.28 Å². The number of fused-ring (bicyclic) bond motifs is 1. The van der Waals surface area contributed by atoms with Crippen molar-refractivity contribution in [2.75, 3.05) is 13.7 Å². The molecule has 3 aromatic rings. The maximum Gasteiger partial charge on any atom is 0.313 e. The van der Waals surface area contributed by atoms with Gasteiger partial charge in [0.2, 0.25) is 5.28 Å². The summed E-state index contributed by atoms with van der Waals surface area (Å²) in [6, 6.07) is 11.5. The van der Waals surface area contributed by atoms with E-state index in [9.17, 15) is 4.79 Å². The number of esters is 1. The monoisotopic (exact) mass is 510 g/mol. The molecule has 0 saturated carbocycles. The van der Waals surface area contributed by atoms with Crippen molar-refractivity contribution in [1.82, 2.24) is 9.97 Å². The average molecular weight is 511 g/mol. The predicted molar refractivity (Wildman–Crippen MR) is 119 cm³/mol. The molecule has 7 heteroatoms. The molecule has 0 aliphatic heterocycles. The van der Waals surface area contributed by atoms with Gasteiger partial charge in [0, 0.05) is 14.5 Å². The fourth-order valence-electron chi connectivity index (χ4n) is 3.21. The second-order valence-corrected chi connectivity index (χ2v) is 7.75. The highest BCUT2D eigenvalue weighted by molar-refractivity contribution is 14.1. The first-order chi connectivity index (χ1) is 13.5. The number of carbonyl (C=O) groups is 1. The van der Waals surface area contributed by atoms with Crippen LogP contribution in [0.4, 0.5) is 0 Å². The lowest BCUT2D eigenvalue weighted by atomic mass is 9.89. The summed E-state index contributed by atoms with van der Waals surface area (Å²) in [6.45, 7) is 4.10. The number of rotatable bonds is 6. The van der Waals surface area contributed by atoms with Crippen molar-refractivity contribution < 1.29 is 14.3 Å². The Kier molecular flexibility index (Phi) is 6.72. The number of halogens is 2. The number of nitrogens with zero attached hydrogens (tertiary/aromatic N) is 2. The van der Waals surface area contributed by atoms with E-state index in [0.29, 0.717) is 24.5 Å². The molecule has 0 aliphatic rings. The van der Waals surface area contributed by atoms with Crippen molar-refractivity contribution in [2.45, 2.75) is 26.2 Å². The van der Waals surface area contributed by atoms with Gasteiger partial charge in [0.1, 0.15) is 5.75 Å². The maximum atomic E-state index is 12.6. The Hall–Kier alpha value is -1.93. The zero-order chi connectivity index (χ0) is 20.3. The Labute approximate surface area is 182 Å². The van der Waals surface area contributed by atoms with Gasteiger partial charge < -0.3 is 9.47 Å². The molecule has 0 bridgehead atoms. The summed E-state index contributed by atoms with van der Waals surface area (Å²) in [5, 5.41) is 1.02. The molecule has 5 nitrogen and oxygen atoms in total. The second kappa shape index (κ2) is 9.05. The molecule has 28 heavy (non-hydrogen) atoms. The van der Waals surface area contributed by atoms with Crippen molar-refractivity contribution in [2.24, 2.45) is 0 Å². The van der Waals surface area contributed by atoms with Gasteiger partial charge in [-0.2, -0.15) is 0 Å². The summed E-state index contributed by atoms with van der Waals surface area (Å²) in [4.78, 5) is 21.4. The van der Waals surface area contributed by atoms with Crippen LogP contribution in [0.1, 0.15) is 31.7 Å². The van der Waals surface area contributed by atoms with Crippen LogP contribution in [0.25, 0.3) is 22.2 Å². The van der Waals surface area contributed by atoms with E-state index in [1.165, 1.54) is 0 Å². The van der Waals surface area contributed by atoms with E-state index >= 15 is 0 Å². The van der Waals surface area contributed by atoms with E-state index in [1.807, 2.05) is 43.3 Å². The molecule has 0 fully saturated rings. The number of aromatic nitrogens is 2. The van der Waals surface area contributed by atoms with Crippen LogP contribution < -0.4 is 4.74 Å². The SMILES string of the molecule is CCOC(=O)C(CC)c1ccc(OC)cc1-c1nc(Cl)nc2ccc(I)cc12. The van der Waals surface area contributed by atoms with Crippen LogP contribution in [0.5, 0.6) is 5.75 Å². The minimum absolute atomic E-state index is 0.154. The van der Waals surface area contributed by atoms with Gasteiger partial charge in [-0.15, -0.1) is 0 Å². The minimum atomic E-state index is -0.410. The molecule has 0 N–H and O–H groups in total. The Morgan fingerprint density at radius 3 is 2.64 bits per heavy atom. The van der Waals surface area contributed by atoms with E-state index in [1.54, 1.807) is 14.0 Å². The van der Waals surface area contributed by atoms with Gasteiger partial charge in [0.05, 0.1) is 30.8 Å². The van der Waals surface area contributed by atoms with Gasteiger partial charge >= 0.3 is 5.97 Å². The van der Waals surface area contributed by atoms with Gasteiger partial charge in [-0.3, -0.25) is 4.79 Å². The highest BCUT2D eigenvalue weighted by Crippen LogP contribution is 2.37. The number of benzene rings is 2. The third-order valence-corrected chi connectivity index (χ3v) is 5.34. The van der Waals surface area contributed by atoms with Crippen molar-refractivity contribution in [3.05, 3.63) is 50.8 Å². The number of methoxy groups -OCH3 is 1. The van der Waals surface area contributed by atoms with E-state index in [0.717, 1.165) is 25.6 Å². The summed E-state index contributed by atoms with van der Waals surface area (Å²) in [6.07, 6.45) is 0.604. The molecule has 1 heterocycles. The zero-order valence-electron chi connectivity index (χ0n) is 15.8. The fourth-order valence-corrected chi connectivity index (χ4v) is 3.87. The molecular weight excluding hydrogens is 491 g/mol. The van der Waals surface area contributed by atoms with E-state index in [2.05, 4.69) is 32.6 Å². The number of ether oxygens (including phenoxy) is 2. The summed E-state index contributed by atoms with van der Waals surface area (Å²) < 4.78 is 11.8. The molecule has 1 unspecified atom stereocenters. The maximum absolute atomic E-state index is 12.6. The average Bonchev–Trinajstić information content (AvgIpc) is 2.68. The third-order valence-electron chi connectivity index (χ3n) is 4.50. The van der Waals surface area contributed by atoms with Crippen LogP contribution in [0.3, 0.4) is 0 Å². The molecule has 0 amide bonds. The zero-order valence-corrected chi connectivity index (χ0v) is 18.7. The van der Waals surface area contributed by atoms with E-state index < -0.39 is 5.92 Å². The summed E-state index contributed by atoms with van der Waals surface area (Å²) in [5.41, 5.74) is 3.03. The quantitative estimate of drug-likeness (QED) is 0.245. The van der Waals surface area contributed by atoms with Gasteiger partial charge in [0.25, 0.3) is 0 Å². The summed E-state index contributed by atoms with van der Waals surface area (Å²) in [7, 11) is 1.61. The molecule has 1 atom stereocenters. The molecule has 1 aromatic heterocycles. The Morgan fingerprint density at radius 2 is 1.96 bits per heavy atom. The predicted octanol–water partition coefficient (Wildman–Crippen LogP) is 5.62. The van der Waals surface area contributed by atoms with Gasteiger partial charge in [-0.25, -0.2) is 9.97 Å². The van der Waals surface area contributed by atoms with E-state index in [4.69, 9.17) is 21.1 Å². The smallest absolute Gasteiger partial charge is 0.313 e. The normalized spacial score (nSPS) is 12.0. The highest BCUT2D eigenvalue weighted by Gasteiger charge is 2.25. The Balaban J connectivity index is 2.30. The Bertz CT molecular complexity index is 1030. The van der Waals surface area contributed by atoms with Crippen LogP contribution in [0, 0.1) is 3.57 Å². The van der Waals surface area contributed by atoms with Crippen LogP contribution in [-0.2, 0) is 9.53 Å². The largest absolute Gasteiger partial charge is 0.497 e. The fraction of sp³-hybridized carbons (Fsp3) is 0.286. The lowest BCUT2D eigenvalue weighted by Crippen LogP contribution is -2.16. The molecule has 0 aliphatic carbocycles. The number of hydrogen-bond donors (Lipinski definition) is 0. The molecule has 0 saturated heterocycles. The number of hydrogen-bond acceptors (Lipinski definition) is 5. The lowest BCUT2D eigenvalue weighted by Gasteiger charge is -2.19.